The zero-order valence-electron chi connectivity index (χ0n) is 17.7. The van der Waals surface area contributed by atoms with Crippen LogP contribution >= 0.6 is 11.6 Å². The van der Waals surface area contributed by atoms with Crippen molar-refractivity contribution in [1.29, 1.82) is 0 Å². The van der Waals surface area contributed by atoms with E-state index in [1.165, 1.54) is 16.4 Å². The lowest BCUT2D eigenvalue weighted by Gasteiger charge is -2.26. The van der Waals surface area contributed by atoms with Crippen LogP contribution in [0.4, 0.5) is 5.69 Å². The molecule has 1 aliphatic heterocycles. The highest BCUT2D eigenvalue weighted by Gasteiger charge is 2.26. The zero-order chi connectivity index (χ0) is 23.3. The molecular formula is C24H23ClN2O5S. The fourth-order valence-corrected chi connectivity index (χ4v) is 4.97. The van der Waals surface area contributed by atoms with Gasteiger partial charge in [-0.1, -0.05) is 41.9 Å². The third-order valence-corrected chi connectivity index (χ3v) is 7.29. The maximum absolute atomic E-state index is 13.0. The summed E-state index contributed by atoms with van der Waals surface area (Å²) in [5.74, 6) is 0.0182. The molecule has 0 radical (unpaired) electrons. The summed E-state index contributed by atoms with van der Waals surface area (Å²) in [6, 6.07) is 20.4. The smallest absolute Gasteiger partial charge is 0.259 e. The van der Waals surface area contributed by atoms with E-state index >= 15 is 0 Å². The van der Waals surface area contributed by atoms with Gasteiger partial charge in [0.05, 0.1) is 23.7 Å². The lowest BCUT2D eigenvalue weighted by Crippen LogP contribution is -2.40. The Morgan fingerprint density at radius 3 is 2.48 bits per heavy atom. The fourth-order valence-electron chi connectivity index (χ4n) is 3.39. The number of hydrogen-bond acceptors (Lipinski definition) is 5. The first-order valence-corrected chi connectivity index (χ1v) is 12.2. The van der Waals surface area contributed by atoms with E-state index < -0.39 is 15.9 Å². The SMILES string of the molecule is O=C(Nc1cccc(S(=O)(=O)N2CCOCC2)c1)c1ccccc1OCc1ccc(Cl)cc1. The second-order valence-electron chi connectivity index (χ2n) is 7.41. The molecule has 33 heavy (non-hydrogen) atoms. The molecule has 1 fully saturated rings. The highest BCUT2D eigenvalue weighted by Crippen LogP contribution is 2.24. The largest absolute Gasteiger partial charge is 0.488 e. The summed E-state index contributed by atoms with van der Waals surface area (Å²) >= 11 is 5.92. The van der Waals surface area contributed by atoms with Gasteiger partial charge in [0.25, 0.3) is 5.91 Å². The lowest BCUT2D eigenvalue weighted by atomic mass is 10.1. The minimum atomic E-state index is -3.67. The first-order valence-electron chi connectivity index (χ1n) is 10.4. The van der Waals surface area contributed by atoms with E-state index in [2.05, 4.69) is 5.32 Å². The van der Waals surface area contributed by atoms with Crippen molar-refractivity contribution in [1.82, 2.24) is 4.31 Å². The molecule has 1 saturated heterocycles. The number of carbonyl (C=O) groups excluding carboxylic acids is 1. The molecule has 1 aliphatic rings. The summed E-state index contributed by atoms with van der Waals surface area (Å²) in [5.41, 5.74) is 1.63. The summed E-state index contributed by atoms with van der Waals surface area (Å²) in [6.07, 6.45) is 0. The molecule has 3 aromatic carbocycles. The zero-order valence-corrected chi connectivity index (χ0v) is 19.3. The second kappa shape index (κ2) is 10.4. The van der Waals surface area contributed by atoms with E-state index in [0.717, 1.165) is 5.56 Å². The van der Waals surface area contributed by atoms with E-state index in [4.69, 9.17) is 21.1 Å². The number of benzene rings is 3. The Kier molecular flexibility index (Phi) is 7.29. The normalized spacial score (nSPS) is 14.6. The van der Waals surface area contributed by atoms with Crippen LogP contribution in [0, 0.1) is 0 Å². The second-order valence-corrected chi connectivity index (χ2v) is 9.78. The van der Waals surface area contributed by atoms with E-state index in [0.29, 0.717) is 48.3 Å². The van der Waals surface area contributed by atoms with E-state index in [-0.39, 0.29) is 11.5 Å². The van der Waals surface area contributed by atoms with Gasteiger partial charge in [-0.25, -0.2) is 8.42 Å². The summed E-state index contributed by atoms with van der Waals surface area (Å²) < 4.78 is 38.3. The molecule has 0 bridgehead atoms. The van der Waals surface area contributed by atoms with Crippen molar-refractivity contribution in [3.05, 3.63) is 88.9 Å². The summed E-state index contributed by atoms with van der Waals surface area (Å²) in [6.45, 7) is 1.61. The standard InChI is InChI=1S/C24H23ClN2O5S/c25-19-10-8-18(9-11-19)17-32-23-7-2-1-6-22(23)24(28)26-20-4-3-5-21(16-20)33(29,30)27-12-14-31-15-13-27/h1-11,16H,12-15,17H2,(H,26,28). The molecule has 1 amide bonds. The highest BCUT2D eigenvalue weighted by atomic mass is 35.5. The molecule has 0 aromatic heterocycles. The molecule has 0 saturated carbocycles. The number of halogens is 1. The number of hydrogen-bond donors (Lipinski definition) is 1. The number of nitrogens with zero attached hydrogens (tertiary/aromatic N) is 1. The number of rotatable bonds is 7. The quantitative estimate of drug-likeness (QED) is 0.541. The first-order chi connectivity index (χ1) is 15.9. The fraction of sp³-hybridized carbons (Fsp3) is 0.208. The topological polar surface area (TPSA) is 84.9 Å². The lowest BCUT2D eigenvalue weighted by molar-refractivity contribution is 0.0730. The molecule has 9 heteroatoms. The van der Waals surface area contributed by atoms with Gasteiger partial charge in [0.15, 0.2) is 0 Å². The maximum atomic E-state index is 13.0. The Balaban J connectivity index is 1.48. The number of sulfonamides is 1. The van der Waals surface area contributed by atoms with Gasteiger partial charge < -0.3 is 14.8 Å². The molecule has 0 aliphatic carbocycles. The van der Waals surface area contributed by atoms with E-state index in [1.807, 2.05) is 12.1 Å². The maximum Gasteiger partial charge on any atom is 0.259 e. The molecule has 1 N–H and O–H groups in total. The molecule has 0 atom stereocenters. The number of nitrogens with one attached hydrogen (secondary N) is 1. The molecule has 0 spiro atoms. The number of carbonyl (C=O) groups is 1. The van der Waals surface area contributed by atoms with Crippen molar-refractivity contribution in [3.8, 4) is 5.75 Å². The predicted molar refractivity (Wildman–Crippen MR) is 126 cm³/mol. The van der Waals surface area contributed by atoms with Gasteiger partial charge in [0, 0.05) is 23.8 Å². The van der Waals surface area contributed by atoms with Crippen LogP contribution in [0.5, 0.6) is 5.75 Å². The minimum Gasteiger partial charge on any atom is -0.488 e. The van der Waals surface area contributed by atoms with Crippen molar-refractivity contribution in [3.63, 3.8) is 0 Å². The van der Waals surface area contributed by atoms with Gasteiger partial charge in [0.1, 0.15) is 12.4 Å². The van der Waals surface area contributed by atoms with Crippen LogP contribution < -0.4 is 10.1 Å². The summed E-state index contributed by atoms with van der Waals surface area (Å²) in [7, 11) is -3.67. The molecule has 172 valence electrons. The van der Waals surface area contributed by atoms with Crippen molar-refractivity contribution < 1.29 is 22.7 Å². The summed E-state index contributed by atoms with van der Waals surface area (Å²) in [5, 5.41) is 3.41. The monoisotopic (exact) mass is 486 g/mol. The Hall–Kier alpha value is -2.91. The van der Waals surface area contributed by atoms with Gasteiger partial charge in [0.2, 0.25) is 10.0 Å². The van der Waals surface area contributed by atoms with Crippen LogP contribution in [0.2, 0.25) is 5.02 Å². The molecule has 0 unspecified atom stereocenters. The Labute approximate surface area is 197 Å². The van der Waals surface area contributed by atoms with Gasteiger partial charge >= 0.3 is 0 Å². The summed E-state index contributed by atoms with van der Waals surface area (Å²) in [4.78, 5) is 13.1. The van der Waals surface area contributed by atoms with Gasteiger partial charge in [-0.15, -0.1) is 0 Å². The minimum absolute atomic E-state index is 0.120. The van der Waals surface area contributed by atoms with Crippen molar-refractivity contribution in [2.45, 2.75) is 11.5 Å². The molecule has 3 aromatic rings. The third kappa shape index (κ3) is 5.72. The van der Waals surface area contributed by atoms with Gasteiger partial charge in [-0.05, 0) is 48.0 Å². The average molecular weight is 487 g/mol. The number of ether oxygens (including phenoxy) is 2. The Bertz CT molecular complexity index is 1230. The van der Waals surface area contributed by atoms with Crippen LogP contribution in [0.25, 0.3) is 0 Å². The number of para-hydroxylation sites is 1. The van der Waals surface area contributed by atoms with Crippen LogP contribution in [-0.2, 0) is 21.4 Å². The van der Waals surface area contributed by atoms with Crippen molar-refractivity contribution in [2.24, 2.45) is 0 Å². The van der Waals surface area contributed by atoms with Crippen molar-refractivity contribution in [2.75, 3.05) is 31.6 Å². The number of anilines is 1. The predicted octanol–water partition coefficient (Wildman–Crippen LogP) is 4.19. The van der Waals surface area contributed by atoms with Gasteiger partial charge in [-0.2, -0.15) is 4.31 Å². The molecule has 4 rings (SSSR count). The third-order valence-electron chi connectivity index (χ3n) is 5.14. The highest BCUT2D eigenvalue weighted by molar-refractivity contribution is 7.89. The van der Waals surface area contributed by atoms with Crippen LogP contribution in [0.1, 0.15) is 15.9 Å². The van der Waals surface area contributed by atoms with E-state index in [9.17, 15) is 13.2 Å². The van der Waals surface area contributed by atoms with Crippen LogP contribution in [0.3, 0.4) is 0 Å². The van der Waals surface area contributed by atoms with Crippen LogP contribution in [-0.4, -0.2) is 44.9 Å². The molecule has 7 nitrogen and oxygen atoms in total. The van der Waals surface area contributed by atoms with Crippen molar-refractivity contribution >= 4 is 33.2 Å². The average Bonchev–Trinajstić information content (AvgIpc) is 2.84. The number of morpholine rings is 1. The first kappa shape index (κ1) is 23.3. The Morgan fingerprint density at radius 1 is 1.00 bits per heavy atom. The molecular weight excluding hydrogens is 464 g/mol. The number of amides is 1. The van der Waals surface area contributed by atoms with Crippen LogP contribution in [0.15, 0.2) is 77.7 Å². The van der Waals surface area contributed by atoms with E-state index in [1.54, 1.807) is 48.5 Å². The van der Waals surface area contributed by atoms with Gasteiger partial charge in [-0.3, -0.25) is 4.79 Å². The molecule has 1 heterocycles. The Morgan fingerprint density at radius 2 is 1.73 bits per heavy atom.